The van der Waals surface area contributed by atoms with Crippen molar-refractivity contribution in [1.29, 1.82) is 0 Å². The van der Waals surface area contributed by atoms with E-state index in [1.807, 2.05) is 6.07 Å². The van der Waals surface area contributed by atoms with Crippen LogP contribution in [0.2, 0.25) is 0 Å². The molecular weight excluding hydrogens is 222 g/mol. The Morgan fingerprint density at radius 3 is 2.44 bits per heavy atom. The quantitative estimate of drug-likeness (QED) is 0.809. The van der Waals surface area contributed by atoms with E-state index in [0.717, 1.165) is 12.8 Å². The summed E-state index contributed by atoms with van der Waals surface area (Å²) in [4.78, 5) is 0. The number of aliphatic hydroxyl groups is 1. The van der Waals surface area contributed by atoms with Crippen LogP contribution in [-0.4, -0.2) is 17.8 Å². The van der Waals surface area contributed by atoms with Crippen molar-refractivity contribution in [1.82, 2.24) is 5.32 Å². The first kappa shape index (κ1) is 13.6. The van der Waals surface area contributed by atoms with Crippen molar-refractivity contribution in [3.63, 3.8) is 0 Å². The third-order valence-corrected chi connectivity index (χ3v) is 4.11. The van der Waals surface area contributed by atoms with Crippen LogP contribution in [0.15, 0.2) is 30.3 Å². The van der Waals surface area contributed by atoms with Gasteiger partial charge in [0.25, 0.3) is 0 Å². The van der Waals surface area contributed by atoms with Crippen LogP contribution >= 0.6 is 0 Å². The molecule has 0 radical (unpaired) electrons. The lowest BCUT2D eigenvalue weighted by Gasteiger charge is -2.36. The molecule has 1 aromatic carbocycles. The average molecular weight is 247 g/mol. The molecule has 100 valence electrons. The standard InChI is InChI=1S/C16H25NO/c1-2-12-16(13-18,14-8-4-3-5-9-14)17-15-10-6-7-11-15/h3-5,8-9,15,17-18H,2,6-7,10-13H2,1H3. The summed E-state index contributed by atoms with van der Waals surface area (Å²) in [6, 6.07) is 11.0. The maximum absolute atomic E-state index is 9.96. The number of nitrogens with one attached hydrogen (secondary N) is 1. The summed E-state index contributed by atoms with van der Waals surface area (Å²) in [5.74, 6) is 0. The van der Waals surface area contributed by atoms with Crippen molar-refractivity contribution in [2.24, 2.45) is 0 Å². The van der Waals surface area contributed by atoms with Crippen molar-refractivity contribution in [3.05, 3.63) is 35.9 Å². The summed E-state index contributed by atoms with van der Waals surface area (Å²) in [6.45, 7) is 2.37. The van der Waals surface area contributed by atoms with E-state index in [4.69, 9.17) is 0 Å². The molecule has 0 saturated heterocycles. The molecule has 1 saturated carbocycles. The summed E-state index contributed by atoms with van der Waals surface area (Å²) in [5, 5.41) is 13.7. The van der Waals surface area contributed by atoms with Gasteiger partial charge in [0.15, 0.2) is 0 Å². The van der Waals surface area contributed by atoms with Crippen LogP contribution in [-0.2, 0) is 5.54 Å². The Morgan fingerprint density at radius 1 is 1.22 bits per heavy atom. The molecular formula is C16H25NO. The molecule has 1 aromatic rings. The van der Waals surface area contributed by atoms with Crippen molar-refractivity contribution in [2.75, 3.05) is 6.61 Å². The predicted molar refractivity (Wildman–Crippen MR) is 75.5 cm³/mol. The van der Waals surface area contributed by atoms with E-state index in [9.17, 15) is 5.11 Å². The predicted octanol–water partition coefficient (Wildman–Crippen LogP) is 3.21. The highest BCUT2D eigenvalue weighted by Gasteiger charge is 2.33. The highest BCUT2D eigenvalue weighted by molar-refractivity contribution is 5.25. The molecule has 1 unspecified atom stereocenters. The molecule has 0 heterocycles. The van der Waals surface area contributed by atoms with Gasteiger partial charge < -0.3 is 10.4 Å². The average Bonchev–Trinajstić information content (AvgIpc) is 2.92. The zero-order chi connectivity index (χ0) is 12.8. The lowest BCUT2D eigenvalue weighted by molar-refractivity contribution is 0.136. The molecule has 0 amide bonds. The fourth-order valence-electron chi connectivity index (χ4n) is 3.16. The molecule has 0 aliphatic heterocycles. The molecule has 2 heteroatoms. The van der Waals surface area contributed by atoms with Crippen LogP contribution in [0, 0.1) is 0 Å². The molecule has 2 rings (SSSR count). The summed E-state index contributed by atoms with van der Waals surface area (Å²) in [5.41, 5.74) is 0.978. The van der Waals surface area contributed by atoms with Crippen LogP contribution in [0.4, 0.5) is 0 Å². The molecule has 18 heavy (non-hydrogen) atoms. The van der Waals surface area contributed by atoms with Gasteiger partial charge in [-0.25, -0.2) is 0 Å². The highest BCUT2D eigenvalue weighted by atomic mass is 16.3. The van der Waals surface area contributed by atoms with Gasteiger partial charge in [0.05, 0.1) is 12.1 Å². The molecule has 1 aliphatic carbocycles. The Balaban J connectivity index is 2.20. The minimum atomic E-state index is -0.245. The summed E-state index contributed by atoms with van der Waals surface area (Å²) in [6.07, 6.45) is 7.20. The zero-order valence-corrected chi connectivity index (χ0v) is 11.4. The van der Waals surface area contributed by atoms with Crippen molar-refractivity contribution in [2.45, 2.75) is 57.0 Å². The van der Waals surface area contributed by atoms with Crippen LogP contribution in [0.5, 0.6) is 0 Å². The number of rotatable bonds is 6. The first-order chi connectivity index (χ1) is 8.80. The van der Waals surface area contributed by atoms with E-state index >= 15 is 0 Å². The van der Waals surface area contributed by atoms with Gasteiger partial charge in [0.1, 0.15) is 0 Å². The minimum absolute atomic E-state index is 0.182. The van der Waals surface area contributed by atoms with Crippen LogP contribution in [0.3, 0.4) is 0 Å². The lowest BCUT2D eigenvalue weighted by atomic mass is 9.85. The van der Waals surface area contributed by atoms with Crippen molar-refractivity contribution >= 4 is 0 Å². The monoisotopic (exact) mass is 247 g/mol. The topological polar surface area (TPSA) is 32.3 Å². The Morgan fingerprint density at radius 2 is 1.89 bits per heavy atom. The van der Waals surface area contributed by atoms with Gasteiger partial charge in [-0.05, 0) is 24.8 Å². The van der Waals surface area contributed by atoms with Crippen LogP contribution in [0.1, 0.15) is 51.0 Å². The van der Waals surface area contributed by atoms with Crippen LogP contribution < -0.4 is 5.32 Å². The second-order valence-corrected chi connectivity index (χ2v) is 5.48. The minimum Gasteiger partial charge on any atom is -0.394 e. The second kappa shape index (κ2) is 6.35. The SMILES string of the molecule is CCCC(CO)(NC1CCCC1)c1ccccc1. The number of hydrogen-bond acceptors (Lipinski definition) is 2. The zero-order valence-electron chi connectivity index (χ0n) is 11.4. The van der Waals surface area contributed by atoms with E-state index < -0.39 is 0 Å². The van der Waals surface area contributed by atoms with Gasteiger partial charge in [-0.15, -0.1) is 0 Å². The van der Waals surface area contributed by atoms with Gasteiger partial charge in [0, 0.05) is 6.04 Å². The molecule has 2 nitrogen and oxygen atoms in total. The smallest absolute Gasteiger partial charge is 0.0671 e. The second-order valence-electron chi connectivity index (χ2n) is 5.48. The van der Waals surface area contributed by atoms with Gasteiger partial charge in [-0.3, -0.25) is 0 Å². The van der Waals surface area contributed by atoms with Gasteiger partial charge >= 0.3 is 0 Å². The Bertz CT molecular complexity index is 345. The van der Waals surface area contributed by atoms with Crippen LogP contribution in [0.25, 0.3) is 0 Å². The third kappa shape index (κ3) is 2.93. The fraction of sp³-hybridized carbons (Fsp3) is 0.625. The number of hydrogen-bond donors (Lipinski definition) is 2. The Hall–Kier alpha value is -0.860. The molecule has 2 N–H and O–H groups in total. The summed E-state index contributed by atoms with van der Waals surface area (Å²) >= 11 is 0. The number of aliphatic hydroxyl groups excluding tert-OH is 1. The fourth-order valence-corrected chi connectivity index (χ4v) is 3.16. The molecule has 0 bridgehead atoms. The maximum Gasteiger partial charge on any atom is 0.0671 e. The van der Waals surface area contributed by atoms with E-state index in [-0.39, 0.29) is 12.1 Å². The Kier molecular flexibility index (Phi) is 4.79. The molecule has 1 fully saturated rings. The number of benzene rings is 1. The molecule has 1 aliphatic rings. The highest BCUT2D eigenvalue weighted by Crippen LogP contribution is 2.30. The molecule has 0 spiro atoms. The van der Waals surface area contributed by atoms with E-state index in [1.165, 1.54) is 31.2 Å². The normalized spacial score (nSPS) is 19.9. The first-order valence-corrected chi connectivity index (χ1v) is 7.25. The van der Waals surface area contributed by atoms with Gasteiger partial charge in [-0.2, -0.15) is 0 Å². The van der Waals surface area contributed by atoms with E-state index in [0.29, 0.717) is 6.04 Å². The van der Waals surface area contributed by atoms with Gasteiger partial charge in [-0.1, -0.05) is 56.5 Å². The van der Waals surface area contributed by atoms with Gasteiger partial charge in [0.2, 0.25) is 0 Å². The lowest BCUT2D eigenvalue weighted by Crippen LogP contribution is -2.49. The van der Waals surface area contributed by atoms with Crippen molar-refractivity contribution < 1.29 is 5.11 Å². The molecule has 0 aromatic heterocycles. The Labute approximate surface area is 110 Å². The van der Waals surface area contributed by atoms with E-state index in [2.05, 4.69) is 36.5 Å². The summed E-state index contributed by atoms with van der Waals surface area (Å²) < 4.78 is 0. The largest absolute Gasteiger partial charge is 0.394 e. The molecule has 1 atom stereocenters. The maximum atomic E-state index is 9.96. The summed E-state index contributed by atoms with van der Waals surface area (Å²) in [7, 11) is 0. The first-order valence-electron chi connectivity index (χ1n) is 7.25. The van der Waals surface area contributed by atoms with E-state index in [1.54, 1.807) is 0 Å². The van der Waals surface area contributed by atoms with Crippen molar-refractivity contribution in [3.8, 4) is 0 Å². The third-order valence-electron chi connectivity index (χ3n) is 4.11.